The fourth-order valence-electron chi connectivity index (χ4n) is 2.08. The van der Waals surface area contributed by atoms with Gasteiger partial charge in [0.2, 0.25) is 0 Å². The zero-order valence-electron chi connectivity index (χ0n) is 12.6. The van der Waals surface area contributed by atoms with Crippen molar-refractivity contribution in [3.05, 3.63) is 29.8 Å². The molecule has 0 aliphatic carbocycles. The summed E-state index contributed by atoms with van der Waals surface area (Å²) in [7, 11) is -2.85. The van der Waals surface area contributed by atoms with E-state index in [1.54, 1.807) is 13.8 Å². The third kappa shape index (κ3) is 6.42. The summed E-state index contributed by atoms with van der Waals surface area (Å²) < 4.78 is 23.2. The summed E-state index contributed by atoms with van der Waals surface area (Å²) >= 11 is 0. The van der Waals surface area contributed by atoms with Crippen molar-refractivity contribution < 1.29 is 8.42 Å². The Balaban J connectivity index is 2.07. The zero-order valence-corrected chi connectivity index (χ0v) is 13.5. The van der Waals surface area contributed by atoms with E-state index in [0.717, 1.165) is 44.2 Å². The molecule has 2 N–H and O–H groups in total. The number of anilines is 1. The van der Waals surface area contributed by atoms with Gasteiger partial charge in [-0.15, -0.1) is 0 Å². The molecule has 0 radical (unpaired) electrons. The highest BCUT2D eigenvalue weighted by atomic mass is 32.2. The molecule has 20 heavy (non-hydrogen) atoms. The summed E-state index contributed by atoms with van der Waals surface area (Å²) in [5.41, 5.74) is 7.77. The number of rotatable bonds is 9. The number of hydrogen-bond acceptors (Lipinski definition) is 3. The predicted octanol–water partition coefficient (Wildman–Crippen LogP) is 3.59. The van der Waals surface area contributed by atoms with Crippen LogP contribution in [0.15, 0.2) is 24.3 Å². The highest BCUT2D eigenvalue weighted by Gasteiger charge is 2.14. The average Bonchev–Trinajstić information content (AvgIpc) is 2.39. The number of benzene rings is 1. The summed E-state index contributed by atoms with van der Waals surface area (Å²) in [5, 5.41) is -0.243. The molecule has 0 bridgehead atoms. The number of sulfone groups is 1. The van der Waals surface area contributed by atoms with E-state index >= 15 is 0 Å². The summed E-state index contributed by atoms with van der Waals surface area (Å²) in [4.78, 5) is 0. The van der Waals surface area contributed by atoms with Crippen molar-refractivity contribution >= 4 is 15.5 Å². The second-order valence-corrected chi connectivity index (χ2v) is 8.35. The summed E-state index contributed by atoms with van der Waals surface area (Å²) in [6.07, 6.45) is 6.30. The van der Waals surface area contributed by atoms with Crippen LogP contribution in [0, 0.1) is 0 Å². The smallest absolute Gasteiger partial charge is 0.152 e. The number of nitrogens with two attached hydrogens (primary N) is 1. The SMILES string of the molecule is CC(C)S(=O)(=O)CCCCCCCc1ccc(N)cc1. The van der Waals surface area contributed by atoms with Gasteiger partial charge in [0.1, 0.15) is 0 Å². The summed E-state index contributed by atoms with van der Waals surface area (Å²) in [5.74, 6) is 0.336. The van der Waals surface area contributed by atoms with Crippen LogP contribution < -0.4 is 5.73 Å². The molecule has 114 valence electrons. The van der Waals surface area contributed by atoms with E-state index in [1.807, 2.05) is 12.1 Å². The van der Waals surface area contributed by atoms with E-state index in [9.17, 15) is 8.42 Å². The van der Waals surface area contributed by atoms with Gasteiger partial charge in [-0.3, -0.25) is 0 Å². The molecule has 0 saturated heterocycles. The first-order valence-corrected chi connectivity index (χ1v) is 9.19. The van der Waals surface area contributed by atoms with Crippen LogP contribution >= 0.6 is 0 Å². The van der Waals surface area contributed by atoms with Crippen LogP contribution in [0.2, 0.25) is 0 Å². The van der Waals surface area contributed by atoms with E-state index in [0.29, 0.717) is 5.75 Å². The Kier molecular flexibility index (Phi) is 7.06. The van der Waals surface area contributed by atoms with Crippen LogP contribution in [0.25, 0.3) is 0 Å². The predicted molar refractivity (Wildman–Crippen MR) is 86.6 cm³/mol. The molecule has 0 amide bonds. The van der Waals surface area contributed by atoms with Gasteiger partial charge in [0.05, 0.1) is 11.0 Å². The number of hydrogen-bond donors (Lipinski definition) is 1. The summed E-state index contributed by atoms with van der Waals surface area (Å²) in [6, 6.07) is 8.02. The Hall–Kier alpha value is -1.03. The number of aryl methyl sites for hydroxylation is 1. The van der Waals surface area contributed by atoms with Gasteiger partial charge in [-0.1, -0.05) is 31.4 Å². The van der Waals surface area contributed by atoms with Gasteiger partial charge in [0.25, 0.3) is 0 Å². The number of unbranched alkanes of at least 4 members (excludes halogenated alkanes) is 4. The molecule has 0 aliphatic rings. The molecule has 0 aromatic heterocycles. The first-order chi connectivity index (χ1) is 9.42. The molecule has 0 aliphatic heterocycles. The molecule has 1 aromatic carbocycles. The van der Waals surface area contributed by atoms with Gasteiger partial charge in [-0.05, 0) is 50.8 Å². The Morgan fingerprint density at radius 3 is 2.10 bits per heavy atom. The average molecular weight is 297 g/mol. The maximum Gasteiger partial charge on any atom is 0.152 e. The van der Waals surface area contributed by atoms with Crippen LogP contribution in [-0.2, 0) is 16.3 Å². The monoisotopic (exact) mass is 297 g/mol. The molecule has 0 unspecified atom stereocenters. The zero-order chi connectivity index (χ0) is 15.0. The highest BCUT2D eigenvalue weighted by Crippen LogP contribution is 2.12. The van der Waals surface area contributed by atoms with E-state index in [1.165, 1.54) is 5.56 Å². The van der Waals surface area contributed by atoms with Crippen LogP contribution in [0.1, 0.15) is 51.5 Å². The van der Waals surface area contributed by atoms with Gasteiger partial charge in [0.15, 0.2) is 9.84 Å². The Bertz CT molecular complexity index is 478. The normalized spacial score (nSPS) is 11.9. The largest absolute Gasteiger partial charge is 0.399 e. The standard InChI is InChI=1S/C16H27NO2S/c1-14(2)20(18,19)13-7-5-3-4-6-8-15-9-11-16(17)12-10-15/h9-12,14H,3-8,13,17H2,1-2H3. The van der Waals surface area contributed by atoms with Crippen LogP contribution in [0.4, 0.5) is 5.69 Å². The van der Waals surface area contributed by atoms with Crippen molar-refractivity contribution in [1.29, 1.82) is 0 Å². The minimum atomic E-state index is -2.85. The molecule has 0 fully saturated rings. The second-order valence-electron chi connectivity index (χ2n) is 5.68. The van der Waals surface area contributed by atoms with E-state index in [2.05, 4.69) is 12.1 Å². The van der Waals surface area contributed by atoms with Gasteiger partial charge in [-0.25, -0.2) is 8.42 Å². The minimum absolute atomic E-state index is 0.243. The van der Waals surface area contributed by atoms with Gasteiger partial charge < -0.3 is 5.73 Å². The van der Waals surface area contributed by atoms with Crippen molar-refractivity contribution in [2.75, 3.05) is 11.5 Å². The lowest BCUT2D eigenvalue weighted by Gasteiger charge is -2.07. The Morgan fingerprint density at radius 2 is 1.50 bits per heavy atom. The molecule has 0 spiro atoms. The molecular weight excluding hydrogens is 270 g/mol. The van der Waals surface area contributed by atoms with Crippen molar-refractivity contribution in [3.63, 3.8) is 0 Å². The maximum atomic E-state index is 11.6. The molecular formula is C16H27NO2S. The summed E-state index contributed by atoms with van der Waals surface area (Å²) in [6.45, 7) is 3.50. The molecule has 0 saturated carbocycles. The third-order valence-corrected chi connectivity index (χ3v) is 5.89. The van der Waals surface area contributed by atoms with Crippen LogP contribution in [-0.4, -0.2) is 19.4 Å². The third-order valence-electron chi connectivity index (χ3n) is 3.59. The fourth-order valence-corrected chi connectivity index (χ4v) is 3.16. The molecule has 3 nitrogen and oxygen atoms in total. The van der Waals surface area contributed by atoms with Crippen LogP contribution in [0.3, 0.4) is 0 Å². The topological polar surface area (TPSA) is 60.2 Å². The molecule has 1 aromatic rings. The van der Waals surface area contributed by atoms with Crippen molar-refractivity contribution in [1.82, 2.24) is 0 Å². The highest BCUT2D eigenvalue weighted by molar-refractivity contribution is 7.91. The molecule has 0 atom stereocenters. The Morgan fingerprint density at radius 1 is 0.950 bits per heavy atom. The quantitative estimate of drug-likeness (QED) is 0.560. The van der Waals surface area contributed by atoms with Crippen molar-refractivity contribution in [3.8, 4) is 0 Å². The first-order valence-electron chi connectivity index (χ1n) is 7.48. The van der Waals surface area contributed by atoms with Gasteiger partial charge in [0, 0.05) is 5.69 Å². The minimum Gasteiger partial charge on any atom is -0.399 e. The molecule has 4 heteroatoms. The lowest BCUT2D eigenvalue weighted by molar-refractivity contribution is 0.577. The van der Waals surface area contributed by atoms with Gasteiger partial charge >= 0.3 is 0 Å². The van der Waals surface area contributed by atoms with Crippen molar-refractivity contribution in [2.45, 2.75) is 57.6 Å². The molecule has 0 heterocycles. The molecule has 1 rings (SSSR count). The Labute approximate surface area is 123 Å². The number of nitrogen functional groups attached to an aromatic ring is 1. The first kappa shape index (κ1) is 17.0. The van der Waals surface area contributed by atoms with E-state index in [-0.39, 0.29) is 5.25 Å². The van der Waals surface area contributed by atoms with Gasteiger partial charge in [-0.2, -0.15) is 0 Å². The maximum absolute atomic E-state index is 11.6. The lowest BCUT2D eigenvalue weighted by Crippen LogP contribution is -2.17. The van der Waals surface area contributed by atoms with E-state index < -0.39 is 9.84 Å². The second kappa shape index (κ2) is 8.30. The van der Waals surface area contributed by atoms with E-state index in [4.69, 9.17) is 5.73 Å². The lowest BCUT2D eigenvalue weighted by atomic mass is 10.1. The fraction of sp³-hybridized carbons (Fsp3) is 0.625. The van der Waals surface area contributed by atoms with Crippen LogP contribution in [0.5, 0.6) is 0 Å². The van der Waals surface area contributed by atoms with Crippen molar-refractivity contribution in [2.24, 2.45) is 0 Å².